The Bertz CT molecular complexity index is 1440. The fourth-order valence-electron chi connectivity index (χ4n) is 3.64. The minimum atomic E-state index is -0.589. The van der Waals surface area contributed by atoms with Crippen LogP contribution in [0.3, 0.4) is 0 Å². The monoisotopic (exact) mass is 431 g/mol. The molecule has 0 saturated heterocycles. The first-order valence-corrected chi connectivity index (χ1v) is 10.2. The molecule has 0 aliphatic carbocycles. The SMILES string of the molecule is Cc1cccc(-n2c(=O)c3cc(C)ccc3n(CC(=O)NCc3ccc(F)cc3)c2=O)c1. The van der Waals surface area contributed by atoms with E-state index in [4.69, 9.17) is 0 Å². The Morgan fingerprint density at radius 3 is 2.38 bits per heavy atom. The topological polar surface area (TPSA) is 73.1 Å². The number of nitrogens with one attached hydrogen (secondary N) is 1. The molecule has 0 saturated carbocycles. The van der Waals surface area contributed by atoms with Crippen LogP contribution >= 0.6 is 0 Å². The third-order valence-corrected chi connectivity index (χ3v) is 5.26. The molecule has 1 aromatic heterocycles. The molecule has 0 fully saturated rings. The number of amides is 1. The van der Waals surface area contributed by atoms with Crippen molar-refractivity contribution in [1.82, 2.24) is 14.5 Å². The molecule has 0 radical (unpaired) electrons. The van der Waals surface area contributed by atoms with E-state index in [0.717, 1.165) is 21.3 Å². The molecule has 1 amide bonds. The molecule has 1 heterocycles. The maximum Gasteiger partial charge on any atom is 0.336 e. The molecule has 162 valence electrons. The van der Waals surface area contributed by atoms with Crippen LogP contribution in [0.1, 0.15) is 16.7 Å². The van der Waals surface area contributed by atoms with Gasteiger partial charge in [0.1, 0.15) is 12.4 Å². The fourth-order valence-corrected chi connectivity index (χ4v) is 3.64. The van der Waals surface area contributed by atoms with Gasteiger partial charge in [0.2, 0.25) is 5.91 Å². The van der Waals surface area contributed by atoms with Crippen molar-refractivity contribution in [3.05, 3.63) is 110 Å². The lowest BCUT2D eigenvalue weighted by molar-refractivity contribution is -0.121. The number of carbonyl (C=O) groups is 1. The van der Waals surface area contributed by atoms with Crippen molar-refractivity contribution in [3.63, 3.8) is 0 Å². The van der Waals surface area contributed by atoms with Gasteiger partial charge in [0, 0.05) is 6.54 Å². The number of fused-ring (bicyclic) bond motifs is 1. The van der Waals surface area contributed by atoms with Gasteiger partial charge in [0.25, 0.3) is 5.56 Å². The Kier molecular flexibility index (Phi) is 5.73. The molecule has 7 heteroatoms. The largest absolute Gasteiger partial charge is 0.350 e. The summed E-state index contributed by atoms with van der Waals surface area (Å²) in [6.07, 6.45) is 0. The molecular formula is C25H22FN3O3. The van der Waals surface area contributed by atoms with E-state index in [9.17, 15) is 18.8 Å². The van der Waals surface area contributed by atoms with Crippen molar-refractivity contribution in [3.8, 4) is 5.69 Å². The zero-order chi connectivity index (χ0) is 22.8. The van der Waals surface area contributed by atoms with Gasteiger partial charge < -0.3 is 5.32 Å². The van der Waals surface area contributed by atoms with Gasteiger partial charge in [0.05, 0.1) is 16.6 Å². The van der Waals surface area contributed by atoms with Gasteiger partial charge in [0.15, 0.2) is 0 Å². The predicted octanol–water partition coefficient (Wildman–Crippen LogP) is 3.22. The summed E-state index contributed by atoms with van der Waals surface area (Å²) in [5, 5.41) is 3.10. The Morgan fingerprint density at radius 1 is 0.938 bits per heavy atom. The molecule has 4 aromatic rings. The van der Waals surface area contributed by atoms with Crippen molar-refractivity contribution in [2.75, 3.05) is 0 Å². The predicted molar refractivity (Wildman–Crippen MR) is 122 cm³/mol. The minimum absolute atomic E-state index is 0.197. The first-order valence-electron chi connectivity index (χ1n) is 10.2. The molecule has 3 aromatic carbocycles. The molecule has 0 unspecified atom stereocenters. The van der Waals surface area contributed by atoms with Crippen LogP contribution in [0.2, 0.25) is 0 Å². The molecule has 0 spiro atoms. The Hall–Kier alpha value is -4.00. The molecule has 4 rings (SSSR count). The number of rotatable bonds is 5. The lowest BCUT2D eigenvalue weighted by Crippen LogP contribution is -2.41. The van der Waals surface area contributed by atoms with E-state index in [2.05, 4.69) is 5.32 Å². The quantitative estimate of drug-likeness (QED) is 0.527. The number of halogens is 1. The Labute approximate surface area is 183 Å². The summed E-state index contributed by atoms with van der Waals surface area (Å²) in [7, 11) is 0. The Balaban J connectivity index is 1.76. The van der Waals surface area contributed by atoms with Crippen molar-refractivity contribution < 1.29 is 9.18 Å². The molecule has 0 bridgehead atoms. The van der Waals surface area contributed by atoms with E-state index in [1.165, 1.54) is 16.7 Å². The molecule has 1 N–H and O–H groups in total. The number of carbonyl (C=O) groups excluding carboxylic acids is 1. The zero-order valence-corrected chi connectivity index (χ0v) is 17.8. The number of nitrogens with zero attached hydrogens (tertiary/aromatic N) is 2. The highest BCUT2D eigenvalue weighted by atomic mass is 19.1. The van der Waals surface area contributed by atoms with E-state index < -0.39 is 17.2 Å². The van der Waals surface area contributed by atoms with E-state index in [1.54, 1.807) is 48.5 Å². The second kappa shape index (κ2) is 8.63. The summed E-state index contributed by atoms with van der Waals surface area (Å²) in [5.74, 6) is -0.750. The minimum Gasteiger partial charge on any atom is -0.350 e. The first kappa shape index (κ1) is 21.2. The molecule has 0 atom stereocenters. The standard InChI is InChI=1S/C25H22FN3O3/c1-16-4-3-5-20(12-16)29-24(31)21-13-17(2)6-11-22(21)28(25(29)32)15-23(30)27-14-18-7-9-19(26)10-8-18/h3-13H,14-15H2,1-2H3,(H,27,30). The second-order valence-electron chi connectivity index (χ2n) is 7.77. The average Bonchev–Trinajstić information content (AvgIpc) is 2.76. The Morgan fingerprint density at radius 2 is 1.66 bits per heavy atom. The third-order valence-electron chi connectivity index (χ3n) is 5.26. The average molecular weight is 431 g/mol. The molecule has 6 nitrogen and oxygen atoms in total. The van der Waals surface area contributed by atoms with Crippen LogP contribution in [0.25, 0.3) is 16.6 Å². The summed E-state index contributed by atoms with van der Waals surface area (Å²) in [6.45, 7) is 3.68. The van der Waals surface area contributed by atoms with Crippen LogP contribution in [-0.2, 0) is 17.9 Å². The summed E-state index contributed by atoms with van der Waals surface area (Å²) in [6, 6.07) is 18.1. The zero-order valence-electron chi connectivity index (χ0n) is 17.8. The third kappa shape index (κ3) is 4.23. The van der Waals surface area contributed by atoms with Crippen molar-refractivity contribution in [1.29, 1.82) is 0 Å². The highest BCUT2D eigenvalue weighted by Gasteiger charge is 2.17. The van der Waals surface area contributed by atoms with Gasteiger partial charge in [-0.2, -0.15) is 0 Å². The van der Waals surface area contributed by atoms with Gasteiger partial charge in [-0.25, -0.2) is 13.8 Å². The number of hydrogen-bond acceptors (Lipinski definition) is 3. The van der Waals surface area contributed by atoms with Gasteiger partial charge in [-0.05, 0) is 61.4 Å². The second-order valence-corrected chi connectivity index (χ2v) is 7.77. The maximum absolute atomic E-state index is 13.4. The summed E-state index contributed by atoms with van der Waals surface area (Å²) >= 11 is 0. The van der Waals surface area contributed by atoms with Crippen molar-refractivity contribution in [2.24, 2.45) is 0 Å². The number of hydrogen-bond donors (Lipinski definition) is 1. The van der Waals surface area contributed by atoms with E-state index in [0.29, 0.717) is 16.6 Å². The molecule has 0 aliphatic rings. The highest BCUT2D eigenvalue weighted by Crippen LogP contribution is 2.13. The van der Waals surface area contributed by atoms with Gasteiger partial charge >= 0.3 is 5.69 Å². The molecule has 32 heavy (non-hydrogen) atoms. The van der Waals surface area contributed by atoms with Gasteiger partial charge in [-0.1, -0.05) is 35.9 Å². The van der Waals surface area contributed by atoms with Crippen molar-refractivity contribution >= 4 is 16.8 Å². The van der Waals surface area contributed by atoms with Crippen LogP contribution < -0.4 is 16.6 Å². The summed E-state index contributed by atoms with van der Waals surface area (Å²) in [4.78, 5) is 39.2. The van der Waals surface area contributed by atoms with E-state index in [-0.39, 0.29) is 18.9 Å². The first-order chi connectivity index (χ1) is 15.3. The number of aromatic nitrogens is 2. The smallest absolute Gasteiger partial charge is 0.336 e. The van der Waals surface area contributed by atoms with Crippen LogP contribution in [0, 0.1) is 19.7 Å². The van der Waals surface area contributed by atoms with Gasteiger partial charge in [-0.15, -0.1) is 0 Å². The van der Waals surface area contributed by atoms with Crippen molar-refractivity contribution in [2.45, 2.75) is 26.9 Å². The van der Waals surface area contributed by atoms with E-state index in [1.807, 2.05) is 19.9 Å². The fraction of sp³-hybridized carbons (Fsp3) is 0.160. The highest BCUT2D eigenvalue weighted by molar-refractivity contribution is 5.82. The lowest BCUT2D eigenvalue weighted by Gasteiger charge is -2.15. The van der Waals surface area contributed by atoms with Crippen LogP contribution in [0.15, 0.2) is 76.3 Å². The summed E-state index contributed by atoms with van der Waals surface area (Å²) in [5.41, 5.74) is 2.34. The maximum atomic E-state index is 13.4. The van der Waals surface area contributed by atoms with Crippen LogP contribution in [-0.4, -0.2) is 15.0 Å². The molecule has 0 aliphatic heterocycles. The normalized spacial score (nSPS) is 11.0. The molecular weight excluding hydrogens is 409 g/mol. The number of benzene rings is 3. The van der Waals surface area contributed by atoms with Gasteiger partial charge in [-0.3, -0.25) is 14.2 Å². The van der Waals surface area contributed by atoms with Crippen LogP contribution in [0.4, 0.5) is 4.39 Å². The summed E-state index contributed by atoms with van der Waals surface area (Å²) < 4.78 is 15.5. The lowest BCUT2D eigenvalue weighted by atomic mass is 10.1. The van der Waals surface area contributed by atoms with Crippen LogP contribution in [0.5, 0.6) is 0 Å². The van der Waals surface area contributed by atoms with E-state index >= 15 is 0 Å². The number of aryl methyl sites for hydroxylation is 2.